The molecule has 0 spiro atoms. The van der Waals surface area contributed by atoms with Gasteiger partial charge in [-0.3, -0.25) is 9.59 Å². The molecule has 0 aromatic heterocycles. The average molecular weight is 630 g/mol. The highest BCUT2D eigenvalue weighted by atomic mass is 35.5. The summed E-state index contributed by atoms with van der Waals surface area (Å²) in [5, 5.41) is 2.71. The first-order valence-corrected chi connectivity index (χ1v) is 15.9. The molecule has 41 heavy (non-hydrogen) atoms. The first-order chi connectivity index (χ1) is 19.8. The minimum Gasteiger partial charge on any atom is -0.464 e. The summed E-state index contributed by atoms with van der Waals surface area (Å²) in [4.78, 5) is 40.7. The van der Waals surface area contributed by atoms with Crippen LogP contribution in [-0.2, 0) is 27.2 Å². The molecule has 12 heteroatoms. The Bertz CT molecular complexity index is 1110. The van der Waals surface area contributed by atoms with E-state index < -0.39 is 35.8 Å². The van der Waals surface area contributed by atoms with Crippen molar-refractivity contribution in [3.8, 4) is 0 Å². The van der Waals surface area contributed by atoms with E-state index in [0.29, 0.717) is 42.1 Å². The van der Waals surface area contributed by atoms with E-state index in [-0.39, 0.29) is 31.2 Å². The number of Topliss-reactive ketones (excluding diaryl/α,β-unsaturated/α-hetero) is 1. The maximum Gasteiger partial charge on any atom is 0.328 e. The molecule has 8 nitrogen and oxygen atoms in total. The average Bonchev–Trinajstić information content (AvgIpc) is 2.98. The number of alkyl halides is 2. The fraction of sp³-hybridized carbons (Fsp3) is 0.483. The molecule has 0 heterocycles. The number of carbonyl (C=O) groups is 3. The van der Waals surface area contributed by atoms with Gasteiger partial charge in [0.05, 0.1) is 12.6 Å². The number of carbonyl (C=O) groups excluding carboxylic acids is 3. The molecule has 226 valence electrons. The maximum absolute atomic E-state index is 13.9. The van der Waals surface area contributed by atoms with Crippen LogP contribution in [0.1, 0.15) is 34.8 Å². The Balaban J connectivity index is 2.32. The molecule has 0 aliphatic rings. The largest absolute Gasteiger partial charge is 0.464 e. The smallest absolute Gasteiger partial charge is 0.328 e. The van der Waals surface area contributed by atoms with Gasteiger partial charge in [-0.1, -0.05) is 36.4 Å². The topological polar surface area (TPSA) is 114 Å². The van der Waals surface area contributed by atoms with E-state index in [1.807, 2.05) is 41.5 Å². The molecule has 0 saturated carbocycles. The highest BCUT2D eigenvalue weighted by Gasteiger charge is 2.27. The van der Waals surface area contributed by atoms with E-state index in [0.717, 1.165) is 5.56 Å². The van der Waals surface area contributed by atoms with E-state index in [1.165, 1.54) is 0 Å². The number of ether oxygens (including phenoxy) is 1. The molecule has 4 N–H and O–H groups in total. The molecule has 0 fully saturated rings. The minimum atomic E-state index is -1.11. The number of amides is 1. The number of ketones is 1. The third-order valence-corrected chi connectivity index (χ3v) is 7.38. The summed E-state index contributed by atoms with van der Waals surface area (Å²) >= 11 is 13.7. The van der Waals surface area contributed by atoms with Gasteiger partial charge in [0.25, 0.3) is 0 Å². The van der Waals surface area contributed by atoms with E-state index in [4.69, 9.17) is 33.7 Å². The van der Waals surface area contributed by atoms with Crippen LogP contribution < -0.4 is 21.5 Å². The Hall–Kier alpha value is -2.37. The Morgan fingerprint density at radius 2 is 1.71 bits per heavy atom. The Morgan fingerprint density at radius 3 is 2.29 bits per heavy atom. The zero-order valence-electron chi connectivity index (χ0n) is 23.4. The SMILES string of the molecule is CCOC(=O)[C@H](CCSC)NC(=O)[C@@H](N)Cc1ccc(C(=O)[C@H](Cc2ccccc2)NF)c(N(CCCl)CCCl)c1. The Labute approximate surface area is 255 Å². The second kappa shape index (κ2) is 18.9. The summed E-state index contributed by atoms with van der Waals surface area (Å²) in [5.41, 5.74) is 10.2. The third kappa shape index (κ3) is 11.1. The van der Waals surface area contributed by atoms with Gasteiger partial charge in [-0.2, -0.15) is 11.8 Å². The standard InChI is InChI=1S/C29H39Cl2FN4O4S/c1-3-40-29(39)24(11-16-41-2)34-28(38)23(33)17-21-9-10-22(26(19-21)36(14-12-30)15-13-31)27(37)25(35-32)18-20-7-5-4-6-8-20/h4-10,19,23-25,35H,3,11-18,33H2,1-2H3,(H,34,38)/t23-,24-,25-/m0/s1. The number of esters is 1. The van der Waals surface area contributed by atoms with Crippen LogP contribution in [0.3, 0.4) is 0 Å². The van der Waals surface area contributed by atoms with Gasteiger partial charge < -0.3 is 20.7 Å². The van der Waals surface area contributed by atoms with Gasteiger partial charge in [-0.05, 0) is 61.5 Å². The number of rotatable bonds is 19. The molecule has 1 amide bonds. The molecule has 0 saturated heterocycles. The number of anilines is 1. The number of nitrogens with one attached hydrogen (secondary N) is 2. The molecular formula is C29H39Cl2FN4O4S. The van der Waals surface area contributed by atoms with Crippen LogP contribution in [0.4, 0.5) is 10.2 Å². The lowest BCUT2D eigenvalue weighted by atomic mass is 9.94. The molecular weight excluding hydrogens is 590 g/mol. The van der Waals surface area contributed by atoms with Crippen molar-refractivity contribution in [2.75, 3.05) is 48.4 Å². The lowest BCUT2D eigenvalue weighted by molar-refractivity contribution is -0.147. The molecule has 2 rings (SSSR count). The summed E-state index contributed by atoms with van der Waals surface area (Å²) in [6.45, 7) is 2.70. The van der Waals surface area contributed by atoms with Gasteiger partial charge in [0.15, 0.2) is 5.78 Å². The first-order valence-electron chi connectivity index (χ1n) is 13.4. The molecule has 2 aromatic rings. The molecule has 0 bridgehead atoms. The zero-order chi connectivity index (χ0) is 30.2. The normalized spacial score (nSPS) is 13.2. The maximum atomic E-state index is 13.9. The Kier molecular flexibility index (Phi) is 16.1. The van der Waals surface area contributed by atoms with Gasteiger partial charge in [0, 0.05) is 36.1 Å². The van der Waals surface area contributed by atoms with Crippen LogP contribution in [-0.4, -0.2) is 79.3 Å². The number of hydrogen-bond acceptors (Lipinski definition) is 8. The third-order valence-electron chi connectivity index (χ3n) is 6.40. The lowest BCUT2D eigenvalue weighted by Gasteiger charge is -2.27. The highest BCUT2D eigenvalue weighted by molar-refractivity contribution is 7.98. The molecule has 0 aliphatic heterocycles. The van der Waals surface area contributed by atoms with E-state index >= 15 is 0 Å². The molecule has 0 radical (unpaired) electrons. The monoisotopic (exact) mass is 628 g/mol. The van der Waals surface area contributed by atoms with Crippen LogP contribution in [0.5, 0.6) is 0 Å². The van der Waals surface area contributed by atoms with Gasteiger partial charge in [0.2, 0.25) is 5.91 Å². The van der Waals surface area contributed by atoms with Gasteiger partial charge in [0.1, 0.15) is 12.1 Å². The van der Waals surface area contributed by atoms with Crippen molar-refractivity contribution in [2.45, 2.75) is 44.3 Å². The van der Waals surface area contributed by atoms with Crippen LogP contribution in [0, 0.1) is 0 Å². The van der Waals surface area contributed by atoms with Crippen molar-refractivity contribution < 1.29 is 23.6 Å². The predicted molar refractivity (Wildman–Crippen MR) is 166 cm³/mol. The van der Waals surface area contributed by atoms with Crippen molar-refractivity contribution in [3.63, 3.8) is 0 Å². The van der Waals surface area contributed by atoms with Crippen molar-refractivity contribution in [1.29, 1.82) is 0 Å². The molecule has 2 aromatic carbocycles. The molecule has 3 atom stereocenters. The summed E-state index contributed by atoms with van der Waals surface area (Å²) in [7, 11) is 0. The molecule has 0 aliphatic carbocycles. The number of thioether (sulfide) groups is 1. The van der Waals surface area contributed by atoms with Crippen molar-refractivity contribution in [1.82, 2.24) is 10.9 Å². The van der Waals surface area contributed by atoms with Crippen LogP contribution >= 0.6 is 35.0 Å². The van der Waals surface area contributed by atoms with Gasteiger partial charge in [-0.15, -0.1) is 33.2 Å². The summed E-state index contributed by atoms with van der Waals surface area (Å²) in [5.74, 6) is -0.216. The summed E-state index contributed by atoms with van der Waals surface area (Å²) in [6, 6.07) is 11.4. The summed E-state index contributed by atoms with van der Waals surface area (Å²) in [6.07, 6.45) is 2.62. The lowest BCUT2D eigenvalue weighted by Crippen LogP contribution is -2.49. The second-order valence-electron chi connectivity index (χ2n) is 9.34. The van der Waals surface area contributed by atoms with Gasteiger partial charge >= 0.3 is 5.97 Å². The van der Waals surface area contributed by atoms with Crippen LogP contribution in [0.15, 0.2) is 48.5 Å². The number of nitrogens with zero attached hydrogens (tertiary/aromatic N) is 1. The zero-order valence-corrected chi connectivity index (χ0v) is 25.7. The van der Waals surface area contributed by atoms with Gasteiger partial charge in [-0.25, -0.2) is 4.79 Å². The first kappa shape index (κ1) is 34.8. The number of halogens is 3. The van der Waals surface area contributed by atoms with Crippen molar-refractivity contribution >= 4 is 58.3 Å². The second-order valence-corrected chi connectivity index (χ2v) is 11.1. The molecule has 0 unspecified atom stereocenters. The van der Waals surface area contributed by atoms with Crippen molar-refractivity contribution in [3.05, 3.63) is 65.2 Å². The van der Waals surface area contributed by atoms with E-state index in [1.54, 1.807) is 42.4 Å². The summed E-state index contributed by atoms with van der Waals surface area (Å²) < 4.78 is 19.0. The quantitative estimate of drug-likeness (QED) is 0.0929. The fourth-order valence-electron chi connectivity index (χ4n) is 4.30. The predicted octanol–water partition coefficient (Wildman–Crippen LogP) is 3.91. The number of nitrogens with two attached hydrogens (primary N) is 1. The van der Waals surface area contributed by atoms with E-state index in [2.05, 4.69) is 5.32 Å². The van der Waals surface area contributed by atoms with E-state index in [9.17, 15) is 18.9 Å². The van der Waals surface area contributed by atoms with Crippen molar-refractivity contribution in [2.24, 2.45) is 5.73 Å². The highest BCUT2D eigenvalue weighted by Crippen LogP contribution is 2.26. The number of hydrogen-bond donors (Lipinski definition) is 3. The van der Waals surface area contributed by atoms with Crippen LogP contribution in [0.25, 0.3) is 0 Å². The fourth-order valence-corrected chi connectivity index (χ4v) is 5.18. The Morgan fingerprint density at radius 1 is 1.02 bits per heavy atom. The number of benzene rings is 2. The van der Waals surface area contributed by atoms with Crippen LogP contribution in [0.2, 0.25) is 0 Å². The minimum absolute atomic E-state index is 0.135.